The molecule has 7 atom stereocenters. The van der Waals surface area contributed by atoms with Gasteiger partial charge in [-0.2, -0.15) is 0 Å². The van der Waals surface area contributed by atoms with Gasteiger partial charge in [-0.15, -0.1) is 23.2 Å². The zero-order valence-electron chi connectivity index (χ0n) is 18.5. The lowest BCUT2D eigenvalue weighted by Crippen LogP contribution is -2.68. The minimum atomic E-state index is -1.77. The van der Waals surface area contributed by atoms with Gasteiger partial charge in [0.15, 0.2) is 11.4 Å². The van der Waals surface area contributed by atoms with Gasteiger partial charge < -0.3 is 9.84 Å². The highest BCUT2D eigenvalue weighted by molar-refractivity contribution is 6.37. The predicted molar refractivity (Wildman–Crippen MR) is 118 cm³/mol. The number of allylic oxidation sites excluding steroid dienone is 4. The Balaban J connectivity index is 1.83. The van der Waals surface area contributed by atoms with Crippen LogP contribution >= 0.6 is 23.2 Å². The number of rotatable bonds is 4. The Hall–Kier alpha value is -1.66. The quantitative estimate of drug-likeness (QED) is 0.365. The summed E-state index contributed by atoms with van der Waals surface area (Å²) in [5, 5.41) is 8.98. The number of Topliss-reactive ketones (excluding diaryl/α,β-unsaturated/α-hetero) is 1. The smallest absolute Gasteiger partial charge is 0.376 e. The van der Waals surface area contributed by atoms with Crippen molar-refractivity contribution >= 4 is 46.7 Å². The van der Waals surface area contributed by atoms with Crippen LogP contribution in [0, 0.1) is 22.7 Å². The topological polar surface area (TPSA) is 97.7 Å². The molecule has 6 nitrogen and oxygen atoms in total. The van der Waals surface area contributed by atoms with Crippen LogP contribution in [0.5, 0.6) is 0 Å². The van der Waals surface area contributed by atoms with Crippen molar-refractivity contribution in [3.05, 3.63) is 23.8 Å². The number of ketones is 2. The maximum atomic E-state index is 13.0. The first kappa shape index (κ1) is 23.5. The molecule has 0 aromatic heterocycles. The fourth-order valence-electron chi connectivity index (χ4n) is 7.16. The molecule has 0 unspecified atom stereocenters. The van der Waals surface area contributed by atoms with Gasteiger partial charge in [-0.1, -0.05) is 32.4 Å². The molecule has 32 heavy (non-hydrogen) atoms. The van der Waals surface area contributed by atoms with E-state index in [0.29, 0.717) is 19.3 Å². The summed E-state index contributed by atoms with van der Waals surface area (Å²) in [6, 6.07) is 0. The fourth-order valence-corrected chi connectivity index (χ4v) is 8.39. The molecule has 0 aliphatic heterocycles. The number of fused-ring (bicyclic) bond motifs is 5. The Morgan fingerprint density at radius 3 is 2.53 bits per heavy atom. The standard InChI is InChI=1S/C24H28Cl2O6/c1-4-18(28)32-23(19(29)20(30)31)10-8-15-16-6-5-13-11-14(27)7-9-21(13,2)24(16,26)17(25)12-22(15,23)3/h7,9,11,15-17H,4-6,8,10,12H2,1-3H3,(H,30,31)/t15-,16-,17-,21-,22-,23-,24-/m0/s1. The molecule has 0 amide bonds. The van der Waals surface area contributed by atoms with E-state index in [0.717, 1.165) is 5.57 Å². The number of halogens is 2. The highest BCUT2D eigenvalue weighted by Crippen LogP contribution is 2.72. The first-order valence-electron chi connectivity index (χ1n) is 11.1. The fraction of sp³-hybridized carbons (Fsp3) is 0.667. The molecule has 4 rings (SSSR count). The molecule has 3 fully saturated rings. The number of carboxylic acids is 1. The van der Waals surface area contributed by atoms with E-state index in [2.05, 4.69) is 0 Å². The summed E-state index contributed by atoms with van der Waals surface area (Å²) in [5.74, 6) is -3.69. The normalized spacial score (nSPS) is 44.7. The minimum absolute atomic E-state index is 0.0353. The number of hydrogen-bond donors (Lipinski definition) is 1. The summed E-state index contributed by atoms with van der Waals surface area (Å²) >= 11 is 14.5. The van der Waals surface area contributed by atoms with Gasteiger partial charge >= 0.3 is 11.9 Å². The zero-order valence-corrected chi connectivity index (χ0v) is 20.0. The molecule has 0 bridgehead atoms. The van der Waals surface area contributed by atoms with Crippen molar-refractivity contribution in [3.8, 4) is 0 Å². The molecule has 0 aromatic rings. The zero-order chi connectivity index (χ0) is 23.7. The maximum absolute atomic E-state index is 13.0. The Morgan fingerprint density at radius 2 is 1.91 bits per heavy atom. The van der Waals surface area contributed by atoms with Crippen LogP contribution in [0.25, 0.3) is 0 Å². The first-order valence-corrected chi connectivity index (χ1v) is 12.0. The number of esters is 1. The molecule has 4 aliphatic carbocycles. The molecular formula is C24H28Cl2O6. The molecular weight excluding hydrogens is 455 g/mol. The van der Waals surface area contributed by atoms with E-state index in [4.69, 9.17) is 27.9 Å². The number of aliphatic carboxylic acids is 1. The second kappa shape index (κ2) is 7.42. The van der Waals surface area contributed by atoms with Gasteiger partial charge in [-0.25, -0.2) is 4.79 Å². The first-order chi connectivity index (χ1) is 14.9. The number of carboxylic acid groups (broad SMARTS) is 1. The number of carbonyl (C=O) groups is 4. The van der Waals surface area contributed by atoms with Gasteiger partial charge in [-0.05, 0) is 56.1 Å². The molecule has 174 valence electrons. The summed E-state index contributed by atoms with van der Waals surface area (Å²) in [5.41, 5.74) is -2.42. The summed E-state index contributed by atoms with van der Waals surface area (Å²) < 4.78 is 5.71. The lowest BCUT2D eigenvalue weighted by Gasteiger charge is -2.63. The van der Waals surface area contributed by atoms with Crippen molar-refractivity contribution in [1.82, 2.24) is 0 Å². The van der Waals surface area contributed by atoms with Crippen molar-refractivity contribution in [2.45, 2.75) is 75.1 Å². The third kappa shape index (κ3) is 2.78. The van der Waals surface area contributed by atoms with Crippen molar-refractivity contribution in [3.63, 3.8) is 0 Å². The predicted octanol–water partition coefficient (Wildman–Crippen LogP) is 4.22. The average molecular weight is 483 g/mol. The molecule has 0 spiro atoms. The van der Waals surface area contributed by atoms with Crippen LogP contribution in [0.3, 0.4) is 0 Å². The Bertz CT molecular complexity index is 972. The van der Waals surface area contributed by atoms with E-state index in [1.54, 1.807) is 13.0 Å². The van der Waals surface area contributed by atoms with Crippen LogP contribution in [0.1, 0.15) is 59.3 Å². The summed E-state index contributed by atoms with van der Waals surface area (Å²) in [6.45, 7) is 5.44. The van der Waals surface area contributed by atoms with Crippen LogP contribution in [-0.2, 0) is 23.9 Å². The van der Waals surface area contributed by atoms with Crippen molar-refractivity contribution in [2.75, 3.05) is 0 Å². The third-order valence-corrected chi connectivity index (χ3v) is 10.4. The summed E-state index contributed by atoms with van der Waals surface area (Å²) in [4.78, 5) is 48.3. The van der Waals surface area contributed by atoms with Crippen molar-refractivity contribution in [2.24, 2.45) is 22.7 Å². The molecule has 8 heteroatoms. The highest BCUT2D eigenvalue weighted by atomic mass is 35.5. The Labute approximate surface area is 197 Å². The van der Waals surface area contributed by atoms with Crippen LogP contribution in [0.4, 0.5) is 0 Å². The van der Waals surface area contributed by atoms with Crippen LogP contribution in [-0.4, -0.2) is 44.5 Å². The van der Waals surface area contributed by atoms with Gasteiger partial charge in [0.05, 0.1) is 10.3 Å². The van der Waals surface area contributed by atoms with E-state index < -0.39 is 44.4 Å². The van der Waals surface area contributed by atoms with E-state index in [1.807, 2.05) is 19.9 Å². The largest absolute Gasteiger partial charge is 0.475 e. The highest BCUT2D eigenvalue weighted by Gasteiger charge is 2.75. The van der Waals surface area contributed by atoms with Crippen LogP contribution in [0.15, 0.2) is 23.8 Å². The Kier molecular flexibility index (Phi) is 5.45. The number of ether oxygens (including phenoxy) is 1. The average Bonchev–Trinajstić information content (AvgIpc) is 3.01. The minimum Gasteiger partial charge on any atom is -0.475 e. The molecule has 0 radical (unpaired) electrons. The SMILES string of the molecule is CCC(=O)O[C@]1(C(=O)C(=O)O)CC[C@H]2[C@@H]3CCC4=CC(=O)C=C[C@]4(C)[C@@]3(Cl)[C@@H](Cl)C[C@@]21C. The molecule has 3 saturated carbocycles. The van der Waals surface area contributed by atoms with Gasteiger partial charge in [0.1, 0.15) is 0 Å². The van der Waals surface area contributed by atoms with Gasteiger partial charge in [0.2, 0.25) is 0 Å². The summed E-state index contributed by atoms with van der Waals surface area (Å²) in [6.07, 6.45) is 7.25. The second-order valence-electron chi connectivity index (χ2n) is 10.0. The molecule has 0 heterocycles. The molecule has 0 saturated heterocycles. The summed E-state index contributed by atoms with van der Waals surface area (Å²) in [7, 11) is 0. The van der Waals surface area contributed by atoms with Gasteiger partial charge in [0, 0.05) is 17.3 Å². The van der Waals surface area contributed by atoms with Gasteiger partial charge in [0.25, 0.3) is 5.78 Å². The van der Waals surface area contributed by atoms with Gasteiger partial charge in [-0.3, -0.25) is 14.4 Å². The lowest BCUT2D eigenvalue weighted by molar-refractivity contribution is -0.191. The van der Waals surface area contributed by atoms with Crippen molar-refractivity contribution < 1.29 is 29.0 Å². The lowest BCUT2D eigenvalue weighted by atomic mass is 9.46. The monoisotopic (exact) mass is 482 g/mol. The van der Waals surface area contributed by atoms with E-state index >= 15 is 0 Å². The second-order valence-corrected chi connectivity index (χ2v) is 11.2. The number of hydrogen-bond acceptors (Lipinski definition) is 5. The molecule has 1 N–H and O–H groups in total. The molecule has 4 aliphatic rings. The van der Waals surface area contributed by atoms with Crippen LogP contribution < -0.4 is 0 Å². The van der Waals surface area contributed by atoms with Crippen LogP contribution in [0.2, 0.25) is 0 Å². The Morgan fingerprint density at radius 1 is 1.22 bits per heavy atom. The van der Waals surface area contributed by atoms with E-state index in [-0.39, 0.29) is 36.9 Å². The number of carbonyl (C=O) groups excluding carboxylic acids is 3. The maximum Gasteiger partial charge on any atom is 0.376 e. The van der Waals surface area contributed by atoms with E-state index in [9.17, 15) is 24.3 Å². The third-order valence-electron chi connectivity index (χ3n) is 8.86. The van der Waals surface area contributed by atoms with E-state index in [1.165, 1.54) is 6.08 Å². The number of alkyl halides is 2. The molecule has 0 aromatic carbocycles. The van der Waals surface area contributed by atoms with Crippen molar-refractivity contribution in [1.29, 1.82) is 0 Å².